The van der Waals surface area contributed by atoms with Gasteiger partial charge in [0.05, 0.1) is 5.25 Å². The highest BCUT2D eigenvalue weighted by molar-refractivity contribution is 9.10. The highest BCUT2D eigenvalue weighted by Gasteiger charge is 2.19. The van der Waals surface area contributed by atoms with Crippen LogP contribution in [0.4, 0.5) is 4.79 Å². The van der Waals surface area contributed by atoms with E-state index in [0.717, 1.165) is 21.8 Å². The summed E-state index contributed by atoms with van der Waals surface area (Å²) in [5.41, 5.74) is 5.65. The fraction of sp³-hybridized carbons (Fsp3) is 0.167. The lowest BCUT2D eigenvalue weighted by Gasteiger charge is -2.06. The number of urea groups is 1. The Labute approximate surface area is 132 Å². The van der Waals surface area contributed by atoms with Crippen LogP contribution in [0.5, 0.6) is 0 Å². The molecule has 0 aliphatic carbocycles. The highest BCUT2D eigenvalue weighted by Crippen LogP contribution is 2.26. The number of halogens is 1. The summed E-state index contributed by atoms with van der Waals surface area (Å²) in [4.78, 5) is 22.2. The number of hydrogen-bond acceptors (Lipinski definition) is 6. The van der Waals surface area contributed by atoms with Crippen molar-refractivity contribution in [2.45, 2.75) is 17.4 Å². The zero-order valence-electron chi connectivity index (χ0n) is 10.9. The first kappa shape index (κ1) is 15.5. The fourth-order valence-corrected chi connectivity index (χ4v) is 2.34. The van der Waals surface area contributed by atoms with Gasteiger partial charge in [0.2, 0.25) is 11.8 Å². The van der Waals surface area contributed by atoms with Crippen molar-refractivity contribution in [1.29, 1.82) is 0 Å². The van der Waals surface area contributed by atoms with Crippen LogP contribution in [0.25, 0.3) is 11.5 Å². The highest BCUT2D eigenvalue weighted by atomic mass is 79.9. The minimum absolute atomic E-state index is 0.236. The Balaban J connectivity index is 2.04. The largest absolute Gasteiger partial charge is 0.411 e. The van der Waals surface area contributed by atoms with E-state index in [1.165, 1.54) is 0 Å². The van der Waals surface area contributed by atoms with Gasteiger partial charge in [-0.1, -0.05) is 27.7 Å². The normalized spacial score (nSPS) is 11.9. The number of hydrogen-bond donors (Lipinski definition) is 2. The number of nitrogens with two attached hydrogens (primary N) is 1. The summed E-state index contributed by atoms with van der Waals surface area (Å²) in [5.74, 6) is -0.164. The maximum absolute atomic E-state index is 11.5. The van der Waals surface area contributed by atoms with Crippen molar-refractivity contribution in [3.8, 4) is 11.5 Å². The third-order valence-electron chi connectivity index (χ3n) is 2.39. The van der Waals surface area contributed by atoms with E-state index < -0.39 is 17.2 Å². The Bertz CT molecular complexity index is 659. The molecule has 0 aliphatic rings. The molecule has 0 radical (unpaired) electrons. The molecule has 1 aromatic carbocycles. The molecule has 0 fully saturated rings. The lowest BCUT2D eigenvalue weighted by molar-refractivity contribution is -0.119. The molecule has 0 saturated heterocycles. The Hall–Kier alpha value is -1.87. The van der Waals surface area contributed by atoms with E-state index in [9.17, 15) is 9.59 Å². The molecular formula is C12H11BrN4O3S. The lowest BCUT2D eigenvalue weighted by atomic mass is 10.2. The van der Waals surface area contributed by atoms with Gasteiger partial charge in [0, 0.05) is 10.0 Å². The average molecular weight is 371 g/mol. The van der Waals surface area contributed by atoms with Gasteiger partial charge in [0.1, 0.15) is 0 Å². The number of thioether (sulfide) groups is 1. The van der Waals surface area contributed by atoms with E-state index in [4.69, 9.17) is 10.2 Å². The topological polar surface area (TPSA) is 111 Å². The molecule has 9 heteroatoms. The van der Waals surface area contributed by atoms with E-state index in [1.807, 2.05) is 29.6 Å². The SMILES string of the molecule is CC(Sc1nnc(-c2ccc(Br)cc2)o1)C(=O)NC(N)=O. The minimum Gasteiger partial charge on any atom is -0.411 e. The van der Waals surface area contributed by atoms with Gasteiger partial charge in [-0.2, -0.15) is 0 Å². The first-order chi connectivity index (χ1) is 9.95. The van der Waals surface area contributed by atoms with E-state index >= 15 is 0 Å². The van der Waals surface area contributed by atoms with Gasteiger partial charge in [-0.05, 0) is 31.2 Å². The summed E-state index contributed by atoms with van der Waals surface area (Å²) in [7, 11) is 0. The molecule has 3 amide bonds. The lowest BCUT2D eigenvalue weighted by Crippen LogP contribution is -2.39. The summed E-state index contributed by atoms with van der Waals surface area (Å²) in [6.07, 6.45) is 0. The van der Waals surface area contributed by atoms with Gasteiger partial charge in [0.25, 0.3) is 5.22 Å². The molecule has 0 spiro atoms. The van der Waals surface area contributed by atoms with Gasteiger partial charge in [0.15, 0.2) is 0 Å². The van der Waals surface area contributed by atoms with E-state index in [1.54, 1.807) is 6.92 Å². The molecule has 110 valence electrons. The molecule has 1 heterocycles. The predicted molar refractivity (Wildman–Crippen MR) is 80.5 cm³/mol. The summed E-state index contributed by atoms with van der Waals surface area (Å²) >= 11 is 4.38. The van der Waals surface area contributed by atoms with Crippen LogP contribution in [0, 0.1) is 0 Å². The quantitative estimate of drug-likeness (QED) is 0.797. The Kier molecular flexibility index (Phi) is 4.97. The number of nitrogens with zero attached hydrogens (tertiary/aromatic N) is 2. The predicted octanol–water partition coefficient (Wildman–Crippen LogP) is 2.17. The zero-order valence-corrected chi connectivity index (χ0v) is 13.3. The summed E-state index contributed by atoms with van der Waals surface area (Å²) < 4.78 is 6.41. The molecule has 7 nitrogen and oxygen atoms in total. The second kappa shape index (κ2) is 6.72. The van der Waals surface area contributed by atoms with Crippen LogP contribution in [-0.2, 0) is 4.79 Å². The Morgan fingerprint density at radius 3 is 2.62 bits per heavy atom. The van der Waals surface area contributed by atoms with Crippen molar-refractivity contribution in [3.05, 3.63) is 28.7 Å². The number of carbonyl (C=O) groups excluding carboxylic acids is 2. The number of rotatable bonds is 4. The van der Waals surface area contributed by atoms with Gasteiger partial charge < -0.3 is 10.2 Å². The molecule has 0 saturated carbocycles. The first-order valence-corrected chi connectivity index (χ1v) is 7.49. The molecular weight excluding hydrogens is 360 g/mol. The van der Waals surface area contributed by atoms with Crippen LogP contribution in [0.1, 0.15) is 6.92 Å². The number of nitrogens with one attached hydrogen (secondary N) is 1. The fourth-order valence-electron chi connectivity index (χ4n) is 1.39. The number of aromatic nitrogens is 2. The van der Waals surface area contributed by atoms with E-state index in [-0.39, 0.29) is 5.22 Å². The molecule has 2 aromatic rings. The Morgan fingerprint density at radius 1 is 1.33 bits per heavy atom. The van der Waals surface area contributed by atoms with Crippen molar-refractivity contribution in [2.24, 2.45) is 5.73 Å². The maximum atomic E-state index is 11.5. The third-order valence-corrected chi connectivity index (χ3v) is 3.85. The van der Waals surface area contributed by atoms with Gasteiger partial charge in [-0.3, -0.25) is 10.1 Å². The smallest absolute Gasteiger partial charge is 0.318 e. The molecule has 1 atom stereocenters. The molecule has 0 bridgehead atoms. The average Bonchev–Trinajstić information content (AvgIpc) is 2.87. The zero-order chi connectivity index (χ0) is 15.4. The molecule has 1 aromatic heterocycles. The molecule has 0 aliphatic heterocycles. The van der Waals surface area contributed by atoms with Gasteiger partial charge in [-0.25, -0.2) is 4.79 Å². The van der Waals surface area contributed by atoms with Crippen molar-refractivity contribution >= 4 is 39.6 Å². The van der Waals surface area contributed by atoms with Crippen LogP contribution >= 0.6 is 27.7 Å². The summed E-state index contributed by atoms with van der Waals surface area (Å²) in [5, 5.41) is 9.41. The van der Waals surface area contributed by atoms with Gasteiger partial charge in [-0.15, -0.1) is 10.2 Å². The minimum atomic E-state index is -0.895. The molecule has 1 unspecified atom stereocenters. The molecule has 2 rings (SSSR count). The van der Waals surface area contributed by atoms with Crippen LogP contribution in [0.15, 0.2) is 38.4 Å². The Morgan fingerprint density at radius 2 is 2.00 bits per heavy atom. The third kappa shape index (κ3) is 4.30. The molecule has 21 heavy (non-hydrogen) atoms. The van der Waals surface area contributed by atoms with Gasteiger partial charge >= 0.3 is 6.03 Å². The van der Waals surface area contributed by atoms with E-state index in [0.29, 0.717) is 5.89 Å². The number of carbonyl (C=O) groups is 2. The van der Waals surface area contributed by atoms with Crippen molar-refractivity contribution in [3.63, 3.8) is 0 Å². The van der Waals surface area contributed by atoms with Crippen molar-refractivity contribution in [1.82, 2.24) is 15.5 Å². The maximum Gasteiger partial charge on any atom is 0.318 e. The van der Waals surface area contributed by atoms with Crippen LogP contribution < -0.4 is 11.1 Å². The second-order valence-corrected chi connectivity index (χ2v) is 6.20. The monoisotopic (exact) mass is 370 g/mol. The standard InChI is InChI=1S/C12H11BrN4O3S/c1-6(9(18)15-11(14)19)21-12-17-16-10(20-12)7-2-4-8(13)5-3-7/h2-6H,1H3,(H3,14,15,18,19). The number of amides is 3. The number of primary amides is 1. The van der Waals surface area contributed by atoms with Crippen LogP contribution in [0.3, 0.4) is 0 Å². The summed E-state index contributed by atoms with van der Waals surface area (Å²) in [6.45, 7) is 1.60. The number of imide groups is 1. The summed E-state index contributed by atoms with van der Waals surface area (Å²) in [6, 6.07) is 6.48. The van der Waals surface area contributed by atoms with E-state index in [2.05, 4.69) is 26.1 Å². The van der Waals surface area contributed by atoms with Crippen LogP contribution in [0.2, 0.25) is 0 Å². The molecule has 3 N–H and O–H groups in total. The van der Waals surface area contributed by atoms with Crippen molar-refractivity contribution < 1.29 is 14.0 Å². The van der Waals surface area contributed by atoms with Crippen molar-refractivity contribution in [2.75, 3.05) is 0 Å². The number of benzene rings is 1. The first-order valence-electron chi connectivity index (χ1n) is 5.82. The van der Waals surface area contributed by atoms with Crippen LogP contribution in [-0.4, -0.2) is 27.4 Å². The second-order valence-electron chi connectivity index (χ2n) is 3.99.